The van der Waals surface area contributed by atoms with Crippen molar-refractivity contribution >= 4 is 54.2 Å². The van der Waals surface area contributed by atoms with E-state index in [1.165, 1.54) is 30.5 Å². The van der Waals surface area contributed by atoms with Gasteiger partial charge in [-0.1, -0.05) is 29.8 Å². The number of hydrogen-bond acceptors (Lipinski definition) is 7. The van der Waals surface area contributed by atoms with E-state index in [9.17, 15) is 26.4 Å². The summed E-state index contributed by atoms with van der Waals surface area (Å²) in [5.41, 5.74) is 4.56. The topological polar surface area (TPSA) is 146 Å². The quantitative estimate of drug-likeness (QED) is 0.305. The number of hydrogen-bond donors (Lipinski definition) is 2. The molecule has 0 saturated carbocycles. The van der Waals surface area contributed by atoms with Gasteiger partial charge in [0.1, 0.15) is 11.3 Å². The molecule has 2 aliphatic rings. The van der Waals surface area contributed by atoms with Gasteiger partial charge in [-0.05, 0) is 61.1 Å². The third-order valence-electron chi connectivity index (χ3n) is 8.61. The van der Waals surface area contributed by atoms with E-state index in [0.717, 1.165) is 16.1 Å². The van der Waals surface area contributed by atoms with Gasteiger partial charge in [0, 0.05) is 49.9 Å². The second-order valence-corrected chi connectivity index (χ2v) is 15.6. The van der Waals surface area contributed by atoms with E-state index >= 15 is 0 Å². The van der Waals surface area contributed by atoms with Gasteiger partial charge in [-0.15, -0.1) is 0 Å². The van der Waals surface area contributed by atoms with E-state index in [4.69, 9.17) is 4.42 Å². The Kier molecular flexibility index (Phi) is 7.74. The molecule has 1 atom stereocenters. The molecule has 236 valence electrons. The number of carbonyl (C=O) groups excluding carboxylic acids is 2. The Labute approximate surface area is 262 Å². The van der Waals surface area contributed by atoms with Crippen molar-refractivity contribution in [2.45, 2.75) is 37.0 Å². The normalized spacial score (nSPS) is 17.2. The molecule has 1 aromatic heterocycles. The molecule has 0 bridgehead atoms. The molecule has 3 aromatic carbocycles. The molecule has 1 fully saturated rings. The van der Waals surface area contributed by atoms with Crippen molar-refractivity contribution in [1.29, 1.82) is 0 Å². The van der Waals surface area contributed by atoms with Crippen molar-refractivity contribution in [2.24, 2.45) is 0 Å². The highest BCUT2D eigenvalue weighted by Gasteiger charge is 2.35. The lowest BCUT2D eigenvalue weighted by Crippen LogP contribution is -2.39. The predicted octanol–water partition coefficient (Wildman–Crippen LogP) is 4.23. The second kappa shape index (κ2) is 11.3. The number of anilines is 2. The average Bonchev–Trinajstić information content (AvgIpc) is 3.58. The third-order valence-corrected chi connectivity index (χ3v) is 11.7. The molecule has 2 aliphatic heterocycles. The molecule has 13 heteroatoms. The zero-order chi connectivity index (χ0) is 32.3. The number of sulfonamides is 2. The molecule has 3 heterocycles. The number of fused-ring (bicyclic) bond motifs is 2. The molecular weight excluding hydrogens is 617 g/mol. The van der Waals surface area contributed by atoms with Crippen LogP contribution in [0.25, 0.3) is 22.3 Å². The van der Waals surface area contributed by atoms with Crippen LogP contribution in [0.5, 0.6) is 0 Å². The van der Waals surface area contributed by atoms with Gasteiger partial charge in [0.2, 0.25) is 26.0 Å². The van der Waals surface area contributed by atoms with Gasteiger partial charge in [-0.3, -0.25) is 13.9 Å². The first kappa shape index (κ1) is 30.8. The summed E-state index contributed by atoms with van der Waals surface area (Å²) in [6, 6.07) is 15.6. The molecular formula is C32H34N4O7S2. The van der Waals surface area contributed by atoms with Crippen molar-refractivity contribution in [2.75, 3.05) is 43.1 Å². The third kappa shape index (κ3) is 5.60. The van der Waals surface area contributed by atoms with Crippen molar-refractivity contribution in [3.63, 3.8) is 0 Å². The Morgan fingerprint density at radius 3 is 2.49 bits per heavy atom. The van der Waals surface area contributed by atoms with E-state index < -0.39 is 20.0 Å². The summed E-state index contributed by atoms with van der Waals surface area (Å²) in [7, 11) is -4.67. The Hall–Kier alpha value is -4.20. The SMILES string of the molecule is CNC(=O)c1c(-c2ccc(C)cc2)oc2cc(N(C)S(C)(=O)=O)c([C@@H]3CCCN(S(=O)(=O)c4ccc5c(c4)CC(=O)N5)C3)cc12. The molecule has 0 unspecified atom stereocenters. The second-order valence-electron chi connectivity index (χ2n) is 11.6. The van der Waals surface area contributed by atoms with Crippen LogP contribution in [0.4, 0.5) is 11.4 Å². The average molecular weight is 651 g/mol. The number of rotatable bonds is 7. The minimum Gasteiger partial charge on any atom is -0.455 e. The number of carbonyl (C=O) groups is 2. The lowest BCUT2D eigenvalue weighted by atomic mass is 9.89. The van der Waals surface area contributed by atoms with E-state index in [0.29, 0.717) is 69.7 Å². The van der Waals surface area contributed by atoms with Crippen LogP contribution in [0.2, 0.25) is 0 Å². The standard InChI is InChI=1S/C32H34N4O7S2/c1-19-7-9-20(10-8-19)31-30(32(38)33-2)25-16-24(27(17-28(25)43-31)35(3)44(4,39)40)21-6-5-13-36(18-21)45(41,42)23-11-12-26-22(14-23)15-29(37)34-26/h7-12,14,16-17,21H,5-6,13,15,18H2,1-4H3,(H,33,38)(H,34,37)/t21-/m1/s1. The number of piperidine rings is 1. The summed E-state index contributed by atoms with van der Waals surface area (Å²) in [5, 5.41) is 5.91. The van der Waals surface area contributed by atoms with Gasteiger partial charge in [0.15, 0.2) is 0 Å². The number of furan rings is 1. The largest absolute Gasteiger partial charge is 0.455 e. The summed E-state index contributed by atoms with van der Waals surface area (Å²) < 4.78 is 62.1. The molecule has 0 aliphatic carbocycles. The van der Waals surface area contributed by atoms with Crippen LogP contribution in [0, 0.1) is 6.92 Å². The van der Waals surface area contributed by atoms with Crippen LogP contribution in [-0.2, 0) is 31.3 Å². The van der Waals surface area contributed by atoms with E-state index in [1.54, 1.807) is 18.2 Å². The molecule has 6 rings (SSSR count). The molecule has 45 heavy (non-hydrogen) atoms. The smallest absolute Gasteiger partial charge is 0.255 e. The highest BCUT2D eigenvalue weighted by molar-refractivity contribution is 7.92. The lowest BCUT2D eigenvalue weighted by Gasteiger charge is -2.34. The molecule has 1 saturated heterocycles. The van der Waals surface area contributed by atoms with Gasteiger partial charge in [0.25, 0.3) is 5.91 Å². The fourth-order valence-corrected chi connectivity index (χ4v) is 8.21. The number of nitrogens with zero attached hydrogens (tertiary/aromatic N) is 2. The fourth-order valence-electron chi connectivity index (χ4n) is 6.12. The van der Waals surface area contributed by atoms with Gasteiger partial charge in [-0.25, -0.2) is 16.8 Å². The highest BCUT2D eigenvalue weighted by atomic mass is 32.2. The van der Waals surface area contributed by atoms with Crippen LogP contribution in [0.3, 0.4) is 0 Å². The fraction of sp³-hybridized carbons (Fsp3) is 0.312. The van der Waals surface area contributed by atoms with Crippen molar-refractivity contribution in [1.82, 2.24) is 9.62 Å². The Morgan fingerprint density at radius 1 is 1.07 bits per heavy atom. The molecule has 0 spiro atoms. The van der Waals surface area contributed by atoms with E-state index in [2.05, 4.69) is 10.6 Å². The van der Waals surface area contributed by atoms with Crippen LogP contribution in [0.1, 0.15) is 45.8 Å². The summed E-state index contributed by atoms with van der Waals surface area (Å²) >= 11 is 0. The first-order valence-corrected chi connectivity index (χ1v) is 17.8. The Morgan fingerprint density at radius 2 is 1.80 bits per heavy atom. The maximum Gasteiger partial charge on any atom is 0.255 e. The van der Waals surface area contributed by atoms with Crippen LogP contribution in [0.15, 0.2) is 63.9 Å². The Balaban J connectivity index is 1.47. The van der Waals surface area contributed by atoms with Crippen LogP contribution in [-0.4, -0.2) is 66.4 Å². The number of amides is 2. The number of aryl methyl sites for hydroxylation is 1. The van der Waals surface area contributed by atoms with Gasteiger partial charge < -0.3 is 15.1 Å². The maximum atomic E-state index is 13.8. The first-order chi connectivity index (χ1) is 21.3. The number of benzene rings is 3. The minimum absolute atomic E-state index is 0.0989. The van der Waals surface area contributed by atoms with E-state index in [-0.39, 0.29) is 35.6 Å². The monoisotopic (exact) mass is 650 g/mol. The Bertz CT molecular complexity index is 2070. The highest BCUT2D eigenvalue weighted by Crippen LogP contribution is 2.42. The summed E-state index contributed by atoms with van der Waals surface area (Å²) in [6.45, 7) is 2.35. The molecule has 0 radical (unpaired) electrons. The van der Waals surface area contributed by atoms with Gasteiger partial charge in [0.05, 0.1) is 28.8 Å². The lowest BCUT2D eigenvalue weighted by molar-refractivity contribution is -0.115. The van der Waals surface area contributed by atoms with Crippen molar-refractivity contribution < 1.29 is 30.8 Å². The van der Waals surface area contributed by atoms with Crippen LogP contribution >= 0.6 is 0 Å². The minimum atomic E-state index is -3.93. The summed E-state index contributed by atoms with van der Waals surface area (Å²) in [5.74, 6) is -0.578. The number of nitrogens with one attached hydrogen (secondary N) is 2. The van der Waals surface area contributed by atoms with Crippen LogP contribution < -0.4 is 14.9 Å². The summed E-state index contributed by atoms with van der Waals surface area (Å²) in [6.07, 6.45) is 2.35. The predicted molar refractivity (Wildman–Crippen MR) is 173 cm³/mol. The zero-order valence-electron chi connectivity index (χ0n) is 25.4. The summed E-state index contributed by atoms with van der Waals surface area (Å²) in [4.78, 5) is 25.2. The van der Waals surface area contributed by atoms with E-state index in [1.807, 2.05) is 31.2 Å². The maximum absolute atomic E-state index is 13.8. The molecule has 2 N–H and O–H groups in total. The molecule has 2 amide bonds. The zero-order valence-corrected chi connectivity index (χ0v) is 27.0. The van der Waals surface area contributed by atoms with Crippen molar-refractivity contribution in [3.05, 3.63) is 76.9 Å². The van der Waals surface area contributed by atoms with Crippen molar-refractivity contribution in [3.8, 4) is 11.3 Å². The first-order valence-electron chi connectivity index (χ1n) is 14.5. The van der Waals surface area contributed by atoms with Gasteiger partial charge >= 0.3 is 0 Å². The molecule has 4 aromatic rings. The molecule has 11 nitrogen and oxygen atoms in total. The van der Waals surface area contributed by atoms with Gasteiger partial charge in [-0.2, -0.15) is 4.31 Å².